The number of carboxylic acid groups (broad SMARTS) is 1. The van der Waals surface area contributed by atoms with Gasteiger partial charge in [-0.2, -0.15) is 13.2 Å². The summed E-state index contributed by atoms with van der Waals surface area (Å²) in [6, 6.07) is 12.2. The molecule has 4 rings (SSSR count). The smallest absolute Gasteiger partial charge is 0.475 e. The Labute approximate surface area is 186 Å². The van der Waals surface area contributed by atoms with Gasteiger partial charge in [-0.25, -0.2) is 4.79 Å². The number of H-pyrrole nitrogens is 1. The summed E-state index contributed by atoms with van der Waals surface area (Å²) in [6.07, 6.45) is -3.62. The number of fused-ring (bicyclic) bond motifs is 1. The van der Waals surface area contributed by atoms with Gasteiger partial charge in [0.05, 0.1) is 6.42 Å². The van der Waals surface area contributed by atoms with Crippen LogP contribution in [-0.2, 0) is 30.7 Å². The lowest BCUT2D eigenvalue weighted by Crippen LogP contribution is -2.30. The number of rotatable bonds is 5. The van der Waals surface area contributed by atoms with Crippen LogP contribution in [0.5, 0.6) is 0 Å². The van der Waals surface area contributed by atoms with Gasteiger partial charge in [0.1, 0.15) is 0 Å². The number of carbonyl (C=O) groups is 1. The molecule has 0 fully saturated rings. The first-order chi connectivity index (χ1) is 15.6. The monoisotopic (exact) mass is 465 g/mol. The molecule has 33 heavy (non-hydrogen) atoms. The number of likely N-dealkylation sites (N-methyl/N-ethyl adjacent to an activating group) is 1. The van der Waals surface area contributed by atoms with E-state index in [1.165, 1.54) is 5.56 Å². The average molecular weight is 465 g/mol. The molecule has 1 aliphatic heterocycles. The summed E-state index contributed by atoms with van der Waals surface area (Å²) >= 11 is 0. The van der Waals surface area contributed by atoms with Crippen LogP contribution in [0.3, 0.4) is 0 Å². The van der Waals surface area contributed by atoms with Crippen molar-refractivity contribution in [2.45, 2.75) is 32.1 Å². The van der Waals surface area contributed by atoms with Gasteiger partial charge in [0, 0.05) is 37.3 Å². The van der Waals surface area contributed by atoms with Gasteiger partial charge in [-0.1, -0.05) is 35.4 Å². The fourth-order valence-corrected chi connectivity index (χ4v) is 3.17. The van der Waals surface area contributed by atoms with Crippen molar-refractivity contribution in [2.75, 3.05) is 18.9 Å². The number of halogens is 3. The zero-order valence-electron chi connectivity index (χ0n) is 17.6. The molecule has 0 bridgehead atoms. The van der Waals surface area contributed by atoms with Crippen LogP contribution in [0.4, 0.5) is 19.2 Å². The summed E-state index contributed by atoms with van der Waals surface area (Å²) in [7, 11) is 2.08. The molecule has 3 heterocycles. The fraction of sp³-hybridized carbons (Fsp3) is 0.333. The van der Waals surface area contributed by atoms with Crippen molar-refractivity contribution in [3.63, 3.8) is 0 Å². The maximum Gasteiger partial charge on any atom is 0.490 e. The molecule has 3 aromatic rings. The number of pyridine rings is 1. The van der Waals surface area contributed by atoms with Gasteiger partial charge in [-0.15, -0.1) is 5.10 Å². The van der Waals surface area contributed by atoms with Crippen LogP contribution < -0.4 is 10.9 Å². The van der Waals surface area contributed by atoms with E-state index in [2.05, 4.69) is 32.4 Å². The van der Waals surface area contributed by atoms with Gasteiger partial charge in [0.25, 0.3) is 5.56 Å². The molecular weight excluding hydrogens is 443 g/mol. The standard InChI is InChI=1S/C19H21N5O2.C2HF3O2/c1-24-8-7-16-15(12-24)10-14(18(25)21-16)11-20-19-23-22-17(26-19)9-13-5-3-2-4-6-13;3-2(4,5)1(6)7/h2-6,10H,7-9,11-12H2,1H3,(H,20,23)(H,21,25);(H,6,7). The molecule has 0 radical (unpaired) electrons. The van der Waals surface area contributed by atoms with Crippen molar-refractivity contribution in [1.29, 1.82) is 0 Å². The van der Waals surface area contributed by atoms with Crippen LogP contribution >= 0.6 is 0 Å². The molecular formula is C21H22F3N5O4. The number of nitrogens with zero attached hydrogens (tertiary/aromatic N) is 3. The number of anilines is 1. The highest BCUT2D eigenvalue weighted by Gasteiger charge is 2.38. The summed E-state index contributed by atoms with van der Waals surface area (Å²) < 4.78 is 37.4. The van der Waals surface area contributed by atoms with Crippen molar-refractivity contribution in [3.05, 3.63) is 75.0 Å². The van der Waals surface area contributed by atoms with E-state index in [1.54, 1.807) is 0 Å². The topological polar surface area (TPSA) is 124 Å². The number of aromatic amines is 1. The maximum absolute atomic E-state index is 12.3. The van der Waals surface area contributed by atoms with Gasteiger partial charge in [-0.3, -0.25) is 4.79 Å². The van der Waals surface area contributed by atoms with E-state index in [9.17, 15) is 18.0 Å². The minimum absolute atomic E-state index is 0.0650. The molecule has 1 aliphatic rings. The fourth-order valence-electron chi connectivity index (χ4n) is 3.17. The number of alkyl halides is 3. The first kappa shape index (κ1) is 24.0. The second kappa shape index (κ2) is 10.3. The van der Waals surface area contributed by atoms with Crippen LogP contribution in [0, 0.1) is 0 Å². The van der Waals surface area contributed by atoms with Gasteiger partial charge in [-0.05, 0) is 24.2 Å². The van der Waals surface area contributed by atoms with E-state index >= 15 is 0 Å². The minimum atomic E-state index is -5.08. The second-order valence-electron chi connectivity index (χ2n) is 7.44. The third kappa shape index (κ3) is 6.91. The van der Waals surface area contributed by atoms with Gasteiger partial charge in [0.2, 0.25) is 5.89 Å². The molecule has 9 nitrogen and oxygen atoms in total. The zero-order valence-corrected chi connectivity index (χ0v) is 17.6. The summed E-state index contributed by atoms with van der Waals surface area (Å²) in [5.41, 5.74) is 3.93. The number of nitrogens with one attached hydrogen (secondary N) is 2. The minimum Gasteiger partial charge on any atom is -0.475 e. The predicted octanol–water partition coefficient (Wildman–Crippen LogP) is 2.58. The maximum atomic E-state index is 12.3. The summed E-state index contributed by atoms with van der Waals surface area (Å²) in [5, 5.41) is 18.2. The molecule has 0 saturated heterocycles. The summed E-state index contributed by atoms with van der Waals surface area (Å²) in [6.45, 7) is 2.16. The molecule has 3 N–H and O–H groups in total. The van der Waals surface area contributed by atoms with Gasteiger partial charge >= 0.3 is 18.2 Å². The van der Waals surface area contributed by atoms with E-state index in [1.807, 2.05) is 36.4 Å². The van der Waals surface area contributed by atoms with Crippen LogP contribution in [0.1, 0.15) is 28.3 Å². The van der Waals surface area contributed by atoms with Gasteiger partial charge < -0.3 is 24.7 Å². The highest BCUT2D eigenvalue weighted by atomic mass is 19.4. The number of aromatic nitrogens is 3. The number of aliphatic carboxylic acids is 1. The Kier molecular flexibility index (Phi) is 7.48. The van der Waals surface area contributed by atoms with Crippen molar-refractivity contribution in [3.8, 4) is 0 Å². The average Bonchev–Trinajstić information content (AvgIpc) is 3.20. The number of benzene rings is 1. The second-order valence-corrected chi connectivity index (χ2v) is 7.44. The van der Waals surface area contributed by atoms with Gasteiger partial charge in [0.15, 0.2) is 0 Å². The lowest BCUT2D eigenvalue weighted by atomic mass is 10.0. The van der Waals surface area contributed by atoms with Crippen molar-refractivity contribution < 1.29 is 27.5 Å². The quantitative estimate of drug-likeness (QED) is 0.525. The Bertz CT molecular complexity index is 1140. The normalized spacial score (nSPS) is 13.6. The van der Waals surface area contributed by atoms with Crippen LogP contribution in [0.15, 0.2) is 45.6 Å². The van der Waals surface area contributed by atoms with Crippen molar-refractivity contribution in [1.82, 2.24) is 20.1 Å². The zero-order chi connectivity index (χ0) is 24.0. The van der Waals surface area contributed by atoms with E-state index < -0.39 is 12.1 Å². The Hall–Kier alpha value is -3.67. The summed E-state index contributed by atoms with van der Waals surface area (Å²) in [5.74, 6) is -2.22. The van der Waals surface area contributed by atoms with E-state index in [0.29, 0.717) is 30.4 Å². The summed E-state index contributed by atoms with van der Waals surface area (Å²) in [4.78, 5) is 26.4. The Balaban J connectivity index is 0.000000383. The van der Waals surface area contributed by atoms with E-state index in [-0.39, 0.29) is 5.56 Å². The van der Waals surface area contributed by atoms with E-state index in [4.69, 9.17) is 14.3 Å². The molecule has 12 heteroatoms. The Morgan fingerprint density at radius 1 is 1.27 bits per heavy atom. The highest BCUT2D eigenvalue weighted by molar-refractivity contribution is 5.73. The molecule has 0 saturated carbocycles. The Morgan fingerprint density at radius 3 is 2.64 bits per heavy atom. The van der Waals surface area contributed by atoms with Crippen LogP contribution in [0.25, 0.3) is 0 Å². The lowest BCUT2D eigenvalue weighted by molar-refractivity contribution is -0.192. The molecule has 0 unspecified atom stereocenters. The molecule has 0 aliphatic carbocycles. The molecule has 0 amide bonds. The first-order valence-corrected chi connectivity index (χ1v) is 9.94. The van der Waals surface area contributed by atoms with Crippen LogP contribution in [-0.4, -0.2) is 50.9 Å². The Morgan fingerprint density at radius 2 is 1.97 bits per heavy atom. The molecule has 176 valence electrons. The highest BCUT2D eigenvalue weighted by Crippen LogP contribution is 2.16. The first-order valence-electron chi connectivity index (χ1n) is 9.94. The molecule has 2 aromatic heterocycles. The third-order valence-corrected chi connectivity index (χ3v) is 4.81. The predicted molar refractivity (Wildman–Crippen MR) is 112 cm³/mol. The SMILES string of the molecule is CN1CCc2[nH]c(=O)c(CNc3nnc(Cc4ccccc4)o3)cc2C1.O=C(O)C(F)(F)F. The van der Waals surface area contributed by atoms with E-state index in [0.717, 1.165) is 30.8 Å². The lowest BCUT2D eigenvalue weighted by Gasteiger charge is -2.24. The number of hydrogen-bond donors (Lipinski definition) is 3. The van der Waals surface area contributed by atoms with Crippen molar-refractivity contribution >= 4 is 12.0 Å². The third-order valence-electron chi connectivity index (χ3n) is 4.81. The molecule has 0 atom stereocenters. The number of carboxylic acids is 1. The molecule has 1 aromatic carbocycles. The van der Waals surface area contributed by atoms with Crippen LogP contribution in [0.2, 0.25) is 0 Å². The van der Waals surface area contributed by atoms with Crippen molar-refractivity contribution in [2.24, 2.45) is 0 Å². The largest absolute Gasteiger partial charge is 0.490 e. The molecule has 0 spiro atoms. The number of hydrogen-bond acceptors (Lipinski definition) is 7.